The number of esters is 2. The van der Waals surface area contributed by atoms with Crippen LogP contribution in [0.5, 0.6) is 11.5 Å². The number of carbonyl (C=O) groups excluding carboxylic acids is 2. The Labute approximate surface area is 249 Å². The molecule has 0 N–H and O–H groups in total. The molecule has 0 spiro atoms. The Hall–Kier alpha value is -3.90. The molecule has 1 saturated heterocycles. The van der Waals surface area contributed by atoms with Crippen molar-refractivity contribution in [3.05, 3.63) is 95.6 Å². The zero-order valence-electron chi connectivity index (χ0n) is 25.1. The smallest absolute Gasteiger partial charge is 0.316 e. The SMILES string of the molecule is COC(=O)CC/C(=C(/c1ccc(OCCN2CC3CC3C2)cc1)c1ccc(OC(=O)C(C)(C)C)cc1)c1ccccc1. The third-order valence-electron chi connectivity index (χ3n) is 8.07. The normalized spacial score (nSPS) is 18.6. The number of likely N-dealkylation sites (tertiary alicyclic amines) is 1. The summed E-state index contributed by atoms with van der Waals surface area (Å²) in [5, 5.41) is 0. The maximum absolute atomic E-state index is 12.5. The first-order valence-corrected chi connectivity index (χ1v) is 14.8. The number of carbonyl (C=O) groups is 2. The highest BCUT2D eigenvalue weighted by Crippen LogP contribution is 2.44. The van der Waals surface area contributed by atoms with E-state index in [-0.39, 0.29) is 18.4 Å². The quantitative estimate of drug-likeness (QED) is 0.143. The van der Waals surface area contributed by atoms with E-state index in [2.05, 4.69) is 29.2 Å². The molecule has 6 heteroatoms. The summed E-state index contributed by atoms with van der Waals surface area (Å²) in [5.74, 6) is 2.63. The van der Waals surface area contributed by atoms with E-state index in [0.717, 1.165) is 52.0 Å². The molecule has 1 saturated carbocycles. The number of piperidine rings is 1. The molecular weight excluding hydrogens is 526 g/mol. The van der Waals surface area contributed by atoms with Crippen LogP contribution in [0.25, 0.3) is 11.1 Å². The van der Waals surface area contributed by atoms with E-state index in [0.29, 0.717) is 18.8 Å². The summed E-state index contributed by atoms with van der Waals surface area (Å²) >= 11 is 0. The minimum absolute atomic E-state index is 0.255. The second-order valence-corrected chi connectivity index (χ2v) is 12.3. The molecule has 5 rings (SSSR count). The van der Waals surface area contributed by atoms with E-state index in [1.807, 2.05) is 75.4 Å². The fraction of sp³-hybridized carbons (Fsp3) is 0.389. The van der Waals surface area contributed by atoms with Gasteiger partial charge in [0.2, 0.25) is 0 Å². The number of rotatable bonds is 11. The Morgan fingerprint density at radius 1 is 0.786 bits per heavy atom. The fourth-order valence-electron chi connectivity index (χ4n) is 5.54. The summed E-state index contributed by atoms with van der Waals surface area (Å²) in [7, 11) is 1.41. The van der Waals surface area contributed by atoms with E-state index >= 15 is 0 Å². The van der Waals surface area contributed by atoms with Crippen molar-refractivity contribution in [1.82, 2.24) is 4.90 Å². The molecule has 0 bridgehead atoms. The summed E-state index contributed by atoms with van der Waals surface area (Å²) in [6.45, 7) is 9.55. The van der Waals surface area contributed by atoms with E-state index in [9.17, 15) is 9.59 Å². The molecule has 220 valence electrons. The van der Waals surface area contributed by atoms with Crippen molar-refractivity contribution in [3.8, 4) is 11.5 Å². The number of hydrogen-bond donors (Lipinski definition) is 0. The molecule has 1 heterocycles. The van der Waals surface area contributed by atoms with Gasteiger partial charge in [-0.1, -0.05) is 54.6 Å². The minimum Gasteiger partial charge on any atom is -0.492 e. The lowest BCUT2D eigenvalue weighted by Crippen LogP contribution is -2.27. The van der Waals surface area contributed by atoms with Crippen molar-refractivity contribution in [3.63, 3.8) is 0 Å². The van der Waals surface area contributed by atoms with Crippen LogP contribution in [0.15, 0.2) is 78.9 Å². The molecule has 3 aromatic carbocycles. The van der Waals surface area contributed by atoms with Gasteiger partial charge in [-0.15, -0.1) is 0 Å². The molecule has 42 heavy (non-hydrogen) atoms. The van der Waals surface area contributed by atoms with Crippen LogP contribution in [0, 0.1) is 17.3 Å². The molecule has 0 radical (unpaired) electrons. The summed E-state index contributed by atoms with van der Waals surface area (Å²) in [5.41, 5.74) is 4.42. The van der Waals surface area contributed by atoms with Crippen LogP contribution in [0.4, 0.5) is 0 Å². The number of methoxy groups -OCH3 is 1. The molecular formula is C36H41NO5. The lowest BCUT2D eigenvalue weighted by atomic mass is 9.87. The zero-order chi connectivity index (χ0) is 29.7. The standard InChI is InChI=1S/C36H41NO5/c1-36(2,3)35(39)42-31-16-12-27(13-17-31)34(32(18-19-33(38)40-4)25-8-6-5-7-9-25)26-10-14-30(15-11-26)41-21-20-37-23-28-22-29(28)24-37/h5-17,28-29H,18-24H2,1-4H3/b34-32+. The summed E-state index contributed by atoms with van der Waals surface area (Å²) in [4.78, 5) is 27.2. The van der Waals surface area contributed by atoms with Gasteiger partial charge in [0.15, 0.2) is 0 Å². The van der Waals surface area contributed by atoms with Crippen molar-refractivity contribution in [2.45, 2.75) is 40.0 Å². The first-order valence-electron chi connectivity index (χ1n) is 14.8. The highest BCUT2D eigenvalue weighted by atomic mass is 16.5. The predicted molar refractivity (Wildman–Crippen MR) is 165 cm³/mol. The van der Waals surface area contributed by atoms with Crippen molar-refractivity contribution in [2.75, 3.05) is 33.4 Å². The molecule has 2 atom stereocenters. The van der Waals surface area contributed by atoms with E-state index in [1.165, 1.54) is 26.6 Å². The maximum atomic E-state index is 12.5. The van der Waals surface area contributed by atoms with Gasteiger partial charge >= 0.3 is 11.9 Å². The molecule has 2 aliphatic rings. The van der Waals surface area contributed by atoms with Gasteiger partial charge in [-0.05, 0) is 97.6 Å². The molecule has 0 aromatic heterocycles. The van der Waals surface area contributed by atoms with Gasteiger partial charge in [-0.2, -0.15) is 0 Å². The molecule has 2 unspecified atom stereocenters. The molecule has 2 fully saturated rings. The molecule has 1 aliphatic heterocycles. The number of ether oxygens (including phenoxy) is 3. The third-order valence-corrected chi connectivity index (χ3v) is 8.07. The lowest BCUT2D eigenvalue weighted by molar-refractivity contribution is -0.143. The van der Waals surface area contributed by atoms with Gasteiger partial charge in [0.25, 0.3) is 0 Å². The summed E-state index contributed by atoms with van der Waals surface area (Å²) < 4.78 is 16.7. The van der Waals surface area contributed by atoms with Gasteiger partial charge in [0, 0.05) is 26.1 Å². The predicted octanol–water partition coefficient (Wildman–Crippen LogP) is 6.88. The van der Waals surface area contributed by atoms with Crippen LogP contribution >= 0.6 is 0 Å². The zero-order valence-corrected chi connectivity index (χ0v) is 25.1. The molecule has 6 nitrogen and oxygen atoms in total. The minimum atomic E-state index is -0.600. The van der Waals surface area contributed by atoms with Crippen molar-refractivity contribution in [1.29, 1.82) is 0 Å². The van der Waals surface area contributed by atoms with Crippen molar-refractivity contribution < 1.29 is 23.8 Å². The summed E-state index contributed by atoms with van der Waals surface area (Å²) in [6.07, 6.45) is 2.16. The van der Waals surface area contributed by atoms with Crippen LogP contribution in [0.1, 0.15) is 56.7 Å². The average Bonchev–Trinajstić information content (AvgIpc) is 3.60. The van der Waals surface area contributed by atoms with Crippen molar-refractivity contribution in [2.24, 2.45) is 17.3 Å². The third kappa shape index (κ3) is 7.48. The monoisotopic (exact) mass is 567 g/mol. The Bertz CT molecular complexity index is 1390. The Morgan fingerprint density at radius 2 is 1.38 bits per heavy atom. The van der Waals surface area contributed by atoms with Gasteiger partial charge in [0.1, 0.15) is 18.1 Å². The van der Waals surface area contributed by atoms with E-state index < -0.39 is 5.41 Å². The fourth-order valence-corrected chi connectivity index (χ4v) is 5.54. The number of allylic oxidation sites excluding steroid dienone is 1. The highest BCUT2D eigenvalue weighted by Gasteiger charge is 2.44. The second-order valence-electron chi connectivity index (χ2n) is 12.3. The number of fused-ring (bicyclic) bond motifs is 1. The lowest BCUT2D eigenvalue weighted by Gasteiger charge is -2.19. The molecule has 1 aliphatic carbocycles. The van der Waals surface area contributed by atoms with Crippen LogP contribution in [-0.4, -0.2) is 50.2 Å². The van der Waals surface area contributed by atoms with Crippen LogP contribution in [0.2, 0.25) is 0 Å². The van der Waals surface area contributed by atoms with Gasteiger partial charge in [-0.25, -0.2) is 0 Å². The summed E-state index contributed by atoms with van der Waals surface area (Å²) in [6, 6.07) is 25.9. The number of benzene rings is 3. The van der Waals surface area contributed by atoms with Crippen LogP contribution in [0.3, 0.4) is 0 Å². The number of hydrogen-bond acceptors (Lipinski definition) is 6. The van der Waals surface area contributed by atoms with E-state index in [1.54, 1.807) is 0 Å². The van der Waals surface area contributed by atoms with Crippen LogP contribution in [-0.2, 0) is 14.3 Å². The average molecular weight is 568 g/mol. The van der Waals surface area contributed by atoms with Gasteiger partial charge in [-0.3, -0.25) is 14.5 Å². The molecule has 3 aromatic rings. The van der Waals surface area contributed by atoms with Crippen molar-refractivity contribution >= 4 is 23.1 Å². The largest absolute Gasteiger partial charge is 0.492 e. The Kier molecular flexibility index (Phi) is 9.12. The number of nitrogens with zero attached hydrogens (tertiary/aromatic N) is 1. The van der Waals surface area contributed by atoms with Gasteiger partial charge < -0.3 is 14.2 Å². The molecule has 0 amide bonds. The highest BCUT2D eigenvalue weighted by molar-refractivity contribution is 5.99. The maximum Gasteiger partial charge on any atom is 0.316 e. The second kappa shape index (κ2) is 13.0. The van der Waals surface area contributed by atoms with Crippen LogP contribution < -0.4 is 9.47 Å². The van der Waals surface area contributed by atoms with E-state index in [4.69, 9.17) is 14.2 Å². The first kappa shape index (κ1) is 29.6. The Morgan fingerprint density at radius 3 is 1.95 bits per heavy atom. The topological polar surface area (TPSA) is 65.1 Å². The van der Waals surface area contributed by atoms with Gasteiger partial charge in [0.05, 0.1) is 12.5 Å². The Balaban J connectivity index is 1.44. The first-order chi connectivity index (χ1) is 20.2.